The summed E-state index contributed by atoms with van der Waals surface area (Å²) in [5.41, 5.74) is 9.94. The van der Waals surface area contributed by atoms with Crippen LogP contribution in [0.2, 0.25) is 0 Å². The average molecular weight is 490 g/mol. The number of rotatable bonds is 7. The molecule has 1 saturated heterocycles. The van der Waals surface area contributed by atoms with E-state index in [-0.39, 0.29) is 25.0 Å². The van der Waals surface area contributed by atoms with Crippen molar-refractivity contribution in [2.75, 3.05) is 19.7 Å². The predicted molar refractivity (Wildman–Crippen MR) is 133 cm³/mol. The van der Waals surface area contributed by atoms with Gasteiger partial charge in [-0.25, -0.2) is 0 Å². The van der Waals surface area contributed by atoms with Gasteiger partial charge in [-0.1, -0.05) is 17.3 Å². The predicted octanol–water partition coefficient (Wildman–Crippen LogP) is 2.90. The molecular weight excluding hydrogens is 458 g/mol. The fourth-order valence-electron chi connectivity index (χ4n) is 4.65. The molecule has 3 N–H and O–H groups in total. The van der Waals surface area contributed by atoms with Crippen LogP contribution in [0.5, 0.6) is 5.75 Å². The van der Waals surface area contributed by atoms with Gasteiger partial charge in [-0.3, -0.25) is 4.90 Å². The molecule has 0 amide bonds. The maximum Gasteiger partial charge on any atom is 0.258 e. The highest BCUT2D eigenvalue weighted by Crippen LogP contribution is 2.35. The third-order valence-corrected chi connectivity index (χ3v) is 6.76. The second-order valence-electron chi connectivity index (χ2n) is 10.0. The first-order valence-electron chi connectivity index (χ1n) is 12.3. The quantitative estimate of drug-likeness (QED) is 0.480. The number of aliphatic hydroxyl groups excluding tert-OH is 1. The minimum absolute atomic E-state index is 0.0297. The number of nitrogens with zero attached hydrogens (tertiary/aromatic N) is 4. The van der Waals surface area contributed by atoms with Crippen LogP contribution < -0.4 is 10.5 Å². The van der Waals surface area contributed by atoms with Gasteiger partial charge in [-0.15, -0.1) is 0 Å². The highest BCUT2D eigenvalue weighted by Gasteiger charge is 2.53. The van der Waals surface area contributed by atoms with Crippen molar-refractivity contribution in [1.29, 1.82) is 5.26 Å². The van der Waals surface area contributed by atoms with Crippen LogP contribution in [0.15, 0.2) is 40.9 Å². The molecule has 0 aliphatic carbocycles. The Balaban J connectivity index is 1.31. The van der Waals surface area contributed by atoms with Crippen molar-refractivity contribution in [1.82, 2.24) is 15.0 Å². The first-order valence-corrected chi connectivity index (χ1v) is 12.3. The number of nitriles is 1. The van der Waals surface area contributed by atoms with Crippen molar-refractivity contribution in [3.8, 4) is 34.7 Å². The molecule has 3 heterocycles. The van der Waals surface area contributed by atoms with Crippen molar-refractivity contribution in [3.05, 3.63) is 53.1 Å². The van der Waals surface area contributed by atoms with E-state index in [0.717, 1.165) is 31.5 Å². The SMILES string of the molecule is CC(C)Oc1ccc(-c2nc(-c3ccc4c(c3)CCN(C3OC3C(C)(N)CO)CC4)no2)cc1C#N. The Hall–Kier alpha value is -3.29. The minimum atomic E-state index is -0.733. The number of ether oxygens (including phenoxy) is 2. The summed E-state index contributed by atoms with van der Waals surface area (Å²) in [5.74, 6) is 1.39. The Bertz CT molecular complexity index is 1300. The molecule has 1 fully saturated rings. The number of aromatic nitrogens is 2. The van der Waals surface area contributed by atoms with Gasteiger partial charge in [0, 0.05) is 24.2 Å². The fraction of sp³-hybridized carbons (Fsp3) is 0.444. The van der Waals surface area contributed by atoms with Crippen LogP contribution in [-0.2, 0) is 17.6 Å². The van der Waals surface area contributed by atoms with Gasteiger partial charge >= 0.3 is 0 Å². The number of epoxide rings is 1. The van der Waals surface area contributed by atoms with Crippen LogP contribution in [0.25, 0.3) is 22.8 Å². The van der Waals surface area contributed by atoms with Crippen molar-refractivity contribution in [3.63, 3.8) is 0 Å². The van der Waals surface area contributed by atoms with E-state index in [1.807, 2.05) is 32.9 Å². The van der Waals surface area contributed by atoms with Gasteiger partial charge in [0.25, 0.3) is 5.89 Å². The van der Waals surface area contributed by atoms with Crippen molar-refractivity contribution in [2.24, 2.45) is 5.73 Å². The third kappa shape index (κ3) is 4.86. The molecule has 1 aromatic heterocycles. The molecule has 2 aromatic carbocycles. The monoisotopic (exact) mass is 489 g/mol. The summed E-state index contributed by atoms with van der Waals surface area (Å²) in [6.07, 6.45) is 1.55. The van der Waals surface area contributed by atoms with Gasteiger partial charge in [0.15, 0.2) is 0 Å². The van der Waals surface area contributed by atoms with E-state index in [2.05, 4.69) is 33.2 Å². The van der Waals surface area contributed by atoms with Crippen molar-refractivity contribution < 1.29 is 19.1 Å². The largest absolute Gasteiger partial charge is 0.490 e. The maximum absolute atomic E-state index is 9.54. The second kappa shape index (κ2) is 9.64. The number of benzene rings is 2. The summed E-state index contributed by atoms with van der Waals surface area (Å²) in [4.78, 5) is 6.90. The zero-order chi connectivity index (χ0) is 25.4. The van der Waals surface area contributed by atoms with E-state index in [4.69, 9.17) is 19.7 Å². The first-order chi connectivity index (χ1) is 17.3. The van der Waals surface area contributed by atoms with E-state index < -0.39 is 5.54 Å². The number of nitrogens with two attached hydrogens (primary N) is 1. The molecule has 9 nitrogen and oxygen atoms in total. The zero-order valence-corrected chi connectivity index (χ0v) is 20.8. The Morgan fingerprint density at radius 3 is 2.67 bits per heavy atom. The molecule has 3 unspecified atom stereocenters. The highest BCUT2D eigenvalue weighted by molar-refractivity contribution is 5.64. The van der Waals surface area contributed by atoms with Crippen LogP contribution in [-0.4, -0.2) is 63.8 Å². The van der Waals surface area contributed by atoms with E-state index in [1.54, 1.807) is 12.1 Å². The third-order valence-electron chi connectivity index (χ3n) is 6.76. The zero-order valence-electron chi connectivity index (χ0n) is 20.8. The van der Waals surface area contributed by atoms with E-state index in [0.29, 0.717) is 28.6 Å². The Kier molecular flexibility index (Phi) is 6.53. The number of hydrogen-bond acceptors (Lipinski definition) is 9. The van der Waals surface area contributed by atoms with Gasteiger partial charge in [0.05, 0.1) is 23.8 Å². The van der Waals surface area contributed by atoms with Crippen LogP contribution >= 0.6 is 0 Å². The Morgan fingerprint density at radius 2 is 1.94 bits per heavy atom. The summed E-state index contributed by atoms with van der Waals surface area (Å²) in [6, 6.07) is 13.7. The Labute approximate surface area is 210 Å². The van der Waals surface area contributed by atoms with Gasteiger partial charge in [-0.05, 0) is 69.0 Å². The van der Waals surface area contributed by atoms with Crippen molar-refractivity contribution >= 4 is 0 Å². The first kappa shape index (κ1) is 24.4. The number of hydrogen-bond donors (Lipinski definition) is 2. The summed E-state index contributed by atoms with van der Waals surface area (Å²) in [5, 5.41) is 23.3. The number of fused-ring (bicyclic) bond motifs is 1. The normalized spacial score (nSPS) is 21.4. The van der Waals surface area contributed by atoms with E-state index in [9.17, 15) is 10.4 Å². The molecular formula is C27H31N5O4. The lowest BCUT2D eigenvalue weighted by Crippen LogP contribution is -2.48. The molecule has 0 saturated carbocycles. The lowest BCUT2D eigenvalue weighted by atomic mass is 10.00. The lowest BCUT2D eigenvalue weighted by Gasteiger charge is -2.22. The van der Waals surface area contributed by atoms with Crippen molar-refractivity contribution in [2.45, 2.75) is 57.6 Å². The topological polar surface area (TPSA) is 134 Å². The summed E-state index contributed by atoms with van der Waals surface area (Å²) in [7, 11) is 0. The summed E-state index contributed by atoms with van der Waals surface area (Å²) >= 11 is 0. The fourth-order valence-corrected chi connectivity index (χ4v) is 4.65. The molecule has 9 heteroatoms. The number of aliphatic hydroxyl groups is 1. The standard InChI is InChI=1S/C27H31N5O4/c1-16(2)34-22-7-6-20(13-21(22)14-28)25-30-24(31-36-25)19-5-4-17-8-10-32(11-9-18(17)12-19)26-23(35-26)27(3,29)15-33/h4-7,12-13,16,23,26,33H,8-11,15,29H2,1-3H3. The van der Waals surface area contributed by atoms with Gasteiger partial charge in [0.1, 0.15) is 24.2 Å². The molecule has 0 bridgehead atoms. The lowest BCUT2D eigenvalue weighted by molar-refractivity contribution is 0.167. The highest BCUT2D eigenvalue weighted by atomic mass is 16.6. The molecule has 36 heavy (non-hydrogen) atoms. The summed E-state index contributed by atoms with van der Waals surface area (Å²) < 4.78 is 17.1. The molecule has 0 radical (unpaired) electrons. The summed E-state index contributed by atoms with van der Waals surface area (Å²) in [6.45, 7) is 7.27. The molecule has 2 aliphatic rings. The molecule has 3 atom stereocenters. The smallest absolute Gasteiger partial charge is 0.258 e. The van der Waals surface area contributed by atoms with Crippen LogP contribution in [0.4, 0.5) is 0 Å². The van der Waals surface area contributed by atoms with Crippen LogP contribution in [0, 0.1) is 11.3 Å². The molecule has 188 valence electrons. The van der Waals surface area contributed by atoms with E-state index in [1.165, 1.54) is 11.1 Å². The van der Waals surface area contributed by atoms with Gasteiger partial charge < -0.3 is 24.8 Å². The Morgan fingerprint density at radius 1 is 1.19 bits per heavy atom. The van der Waals surface area contributed by atoms with Gasteiger partial charge in [-0.2, -0.15) is 10.2 Å². The molecule has 3 aromatic rings. The molecule has 2 aliphatic heterocycles. The van der Waals surface area contributed by atoms with Gasteiger partial charge in [0.2, 0.25) is 5.82 Å². The molecule has 0 spiro atoms. The second-order valence-corrected chi connectivity index (χ2v) is 10.0. The maximum atomic E-state index is 9.54. The van der Waals surface area contributed by atoms with Crippen LogP contribution in [0.3, 0.4) is 0 Å². The van der Waals surface area contributed by atoms with E-state index >= 15 is 0 Å². The molecule has 5 rings (SSSR count). The van der Waals surface area contributed by atoms with Crippen LogP contribution in [0.1, 0.15) is 37.5 Å². The minimum Gasteiger partial charge on any atom is -0.490 e. The average Bonchev–Trinajstić information content (AvgIpc) is 3.58.